The van der Waals surface area contributed by atoms with Crippen molar-refractivity contribution in [2.75, 3.05) is 10.6 Å². The van der Waals surface area contributed by atoms with E-state index < -0.39 is 11.7 Å². The highest BCUT2D eigenvalue weighted by molar-refractivity contribution is 7.07. The van der Waals surface area contributed by atoms with Gasteiger partial charge in [0.25, 0.3) is 0 Å². The molecule has 1 unspecified atom stereocenters. The monoisotopic (exact) mass is 319 g/mol. The maximum absolute atomic E-state index is 11.8. The fourth-order valence-corrected chi connectivity index (χ4v) is 2.52. The highest BCUT2D eigenvalue weighted by Crippen LogP contribution is 2.22. The van der Waals surface area contributed by atoms with Gasteiger partial charge in [0, 0.05) is 16.8 Å². The molecule has 1 aromatic carbocycles. The van der Waals surface area contributed by atoms with Gasteiger partial charge in [0.15, 0.2) is 0 Å². The summed E-state index contributed by atoms with van der Waals surface area (Å²) in [5.41, 5.74) is 3.89. The van der Waals surface area contributed by atoms with Crippen LogP contribution in [0.25, 0.3) is 0 Å². The summed E-state index contributed by atoms with van der Waals surface area (Å²) in [4.78, 5) is 16.1. The largest absolute Gasteiger partial charge is 0.444 e. The van der Waals surface area contributed by atoms with E-state index in [4.69, 9.17) is 4.74 Å². The van der Waals surface area contributed by atoms with Crippen molar-refractivity contribution in [3.63, 3.8) is 0 Å². The van der Waals surface area contributed by atoms with E-state index >= 15 is 0 Å². The zero-order valence-corrected chi connectivity index (χ0v) is 14.0. The van der Waals surface area contributed by atoms with Crippen molar-refractivity contribution in [1.29, 1.82) is 0 Å². The number of hydrogen-bond acceptors (Lipinski definition) is 5. The molecule has 2 N–H and O–H groups in total. The molecule has 22 heavy (non-hydrogen) atoms. The van der Waals surface area contributed by atoms with E-state index in [-0.39, 0.29) is 6.04 Å². The minimum absolute atomic E-state index is 0.100. The lowest BCUT2D eigenvalue weighted by atomic mass is 10.2. The molecule has 0 aliphatic rings. The van der Waals surface area contributed by atoms with Crippen molar-refractivity contribution >= 4 is 28.8 Å². The van der Waals surface area contributed by atoms with Crippen molar-refractivity contribution in [3.05, 3.63) is 40.8 Å². The van der Waals surface area contributed by atoms with Crippen molar-refractivity contribution in [2.45, 2.75) is 39.3 Å². The number of ether oxygens (including phenoxy) is 1. The van der Waals surface area contributed by atoms with E-state index in [1.807, 2.05) is 62.9 Å². The topological polar surface area (TPSA) is 63.2 Å². The number of rotatable bonds is 4. The van der Waals surface area contributed by atoms with Crippen LogP contribution in [-0.4, -0.2) is 16.7 Å². The minimum Gasteiger partial charge on any atom is -0.444 e. The van der Waals surface area contributed by atoms with Gasteiger partial charge < -0.3 is 10.1 Å². The van der Waals surface area contributed by atoms with Crippen LogP contribution in [0.1, 0.15) is 39.4 Å². The lowest BCUT2D eigenvalue weighted by molar-refractivity contribution is 0.0636. The molecule has 0 saturated heterocycles. The molecule has 1 atom stereocenters. The highest BCUT2D eigenvalue weighted by Gasteiger charge is 2.16. The number of amides is 1. The summed E-state index contributed by atoms with van der Waals surface area (Å²) in [6.45, 7) is 7.54. The molecule has 118 valence electrons. The van der Waals surface area contributed by atoms with E-state index in [0.29, 0.717) is 5.69 Å². The summed E-state index contributed by atoms with van der Waals surface area (Å²) in [6.07, 6.45) is -0.461. The number of nitrogens with one attached hydrogen (secondary N) is 2. The Balaban J connectivity index is 1.99. The Morgan fingerprint density at radius 1 is 1.32 bits per heavy atom. The Labute approximate surface area is 134 Å². The number of anilines is 2. The average molecular weight is 319 g/mol. The number of aromatic nitrogens is 1. The second-order valence-electron chi connectivity index (χ2n) is 5.99. The summed E-state index contributed by atoms with van der Waals surface area (Å²) < 4.78 is 5.24. The predicted octanol–water partition coefficient (Wildman–Crippen LogP) is 4.66. The van der Waals surface area contributed by atoms with Gasteiger partial charge in [0.1, 0.15) is 5.60 Å². The number of nitrogens with zero attached hydrogens (tertiary/aromatic N) is 1. The van der Waals surface area contributed by atoms with Crippen LogP contribution in [0, 0.1) is 0 Å². The SMILES string of the molecule is CC(Nc1cccc(NC(=O)OC(C)(C)C)c1)c1cscn1. The van der Waals surface area contributed by atoms with Crippen LogP contribution >= 0.6 is 11.3 Å². The Morgan fingerprint density at radius 2 is 2.05 bits per heavy atom. The smallest absolute Gasteiger partial charge is 0.412 e. The standard InChI is InChI=1S/C16H21N3O2S/c1-11(14-9-22-10-17-14)18-12-6-5-7-13(8-12)19-15(20)21-16(2,3)4/h5-11,18H,1-4H3,(H,19,20). The van der Waals surface area contributed by atoms with E-state index in [1.54, 1.807) is 11.3 Å². The Kier molecular flexibility index (Phi) is 5.03. The van der Waals surface area contributed by atoms with Gasteiger partial charge in [-0.05, 0) is 45.9 Å². The van der Waals surface area contributed by atoms with Gasteiger partial charge in [0.2, 0.25) is 0 Å². The summed E-state index contributed by atoms with van der Waals surface area (Å²) in [5.74, 6) is 0. The van der Waals surface area contributed by atoms with Gasteiger partial charge in [-0.2, -0.15) is 0 Å². The Hall–Kier alpha value is -2.08. The van der Waals surface area contributed by atoms with Crippen LogP contribution in [0.5, 0.6) is 0 Å². The normalized spacial score (nSPS) is 12.5. The Bertz CT molecular complexity index is 621. The highest BCUT2D eigenvalue weighted by atomic mass is 32.1. The molecule has 6 heteroatoms. The number of hydrogen-bond donors (Lipinski definition) is 2. The summed E-state index contributed by atoms with van der Waals surface area (Å²) >= 11 is 1.57. The minimum atomic E-state index is -0.515. The molecule has 1 heterocycles. The predicted molar refractivity (Wildman–Crippen MR) is 90.5 cm³/mol. The zero-order valence-electron chi connectivity index (χ0n) is 13.2. The first-order valence-electron chi connectivity index (χ1n) is 7.08. The number of thiazole rings is 1. The van der Waals surface area contributed by atoms with Crippen LogP contribution in [0.15, 0.2) is 35.2 Å². The second-order valence-corrected chi connectivity index (χ2v) is 6.71. The molecular weight excluding hydrogens is 298 g/mol. The van der Waals surface area contributed by atoms with E-state index in [1.165, 1.54) is 0 Å². The molecule has 1 aromatic heterocycles. The van der Waals surface area contributed by atoms with Crippen molar-refractivity contribution in [3.8, 4) is 0 Å². The third-order valence-electron chi connectivity index (χ3n) is 2.79. The maximum atomic E-state index is 11.8. The molecular formula is C16H21N3O2S. The van der Waals surface area contributed by atoms with E-state index in [9.17, 15) is 4.79 Å². The van der Waals surface area contributed by atoms with Crippen molar-refractivity contribution < 1.29 is 9.53 Å². The van der Waals surface area contributed by atoms with Crippen LogP contribution in [0.4, 0.5) is 16.2 Å². The van der Waals surface area contributed by atoms with Crippen LogP contribution in [0.3, 0.4) is 0 Å². The van der Waals surface area contributed by atoms with Crippen molar-refractivity contribution in [2.24, 2.45) is 0 Å². The molecule has 0 radical (unpaired) electrons. The quantitative estimate of drug-likeness (QED) is 0.860. The fraction of sp³-hybridized carbons (Fsp3) is 0.375. The molecule has 0 bridgehead atoms. The van der Waals surface area contributed by atoms with Gasteiger partial charge >= 0.3 is 6.09 Å². The van der Waals surface area contributed by atoms with E-state index in [2.05, 4.69) is 15.6 Å². The molecule has 2 aromatic rings. The maximum Gasteiger partial charge on any atom is 0.412 e. The zero-order chi connectivity index (χ0) is 16.2. The lowest BCUT2D eigenvalue weighted by Gasteiger charge is -2.20. The number of carbonyl (C=O) groups is 1. The lowest BCUT2D eigenvalue weighted by Crippen LogP contribution is -2.27. The molecule has 0 fully saturated rings. The Morgan fingerprint density at radius 3 is 2.68 bits per heavy atom. The average Bonchev–Trinajstić information content (AvgIpc) is 2.90. The molecule has 1 amide bonds. The summed E-state index contributed by atoms with van der Waals surface area (Å²) in [5, 5.41) is 8.10. The molecule has 0 saturated carbocycles. The molecule has 5 nitrogen and oxygen atoms in total. The molecule has 2 rings (SSSR count). The first-order chi connectivity index (χ1) is 10.3. The number of carbonyl (C=O) groups excluding carboxylic acids is 1. The van der Waals surface area contributed by atoms with Gasteiger partial charge in [-0.1, -0.05) is 6.07 Å². The fourth-order valence-electron chi connectivity index (χ4n) is 1.87. The summed E-state index contributed by atoms with van der Waals surface area (Å²) in [7, 11) is 0. The van der Waals surface area contributed by atoms with Crippen LogP contribution in [-0.2, 0) is 4.74 Å². The third kappa shape index (κ3) is 5.04. The molecule has 0 aliphatic heterocycles. The van der Waals surface area contributed by atoms with Crippen LogP contribution in [0.2, 0.25) is 0 Å². The first-order valence-corrected chi connectivity index (χ1v) is 8.02. The second kappa shape index (κ2) is 6.79. The van der Waals surface area contributed by atoms with Gasteiger partial charge in [-0.15, -0.1) is 11.3 Å². The summed E-state index contributed by atoms with van der Waals surface area (Å²) in [6, 6.07) is 7.62. The molecule has 0 aliphatic carbocycles. The van der Waals surface area contributed by atoms with Gasteiger partial charge in [0.05, 0.1) is 17.2 Å². The number of benzene rings is 1. The van der Waals surface area contributed by atoms with Gasteiger partial charge in [-0.3, -0.25) is 5.32 Å². The third-order valence-corrected chi connectivity index (χ3v) is 3.39. The van der Waals surface area contributed by atoms with Crippen molar-refractivity contribution in [1.82, 2.24) is 4.98 Å². The van der Waals surface area contributed by atoms with Gasteiger partial charge in [-0.25, -0.2) is 9.78 Å². The molecule has 0 spiro atoms. The van der Waals surface area contributed by atoms with E-state index in [0.717, 1.165) is 11.4 Å². The van der Waals surface area contributed by atoms with Crippen LogP contribution < -0.4 is 10.6 Å². The first kappa shape index (κ1) is 16.3.